The molecule has 21 heavy (non-hydrogen) atoms. The number of nitrogens with zero attached hydrogens (tertiary/aromatic N) is 3. The zero-order chi connectivity index (χ0) is 14.8. The summed E-state index contributed by atoms with van der Waals surface area (Å²) in [5, 5.41) is 0.708. The molecule has 4 nitrogen and oxygen atoms in total. The van der Waals surface area contributed by atoms with Gasteiger partial charge < -0.3 is 0 Å². The minimum absolute atomic E-state index is 0.192. The predicted molar refractivity (Wildman–Crippen MR) is 84.7 cm³/mol. The van der Waals surface area contributed by atoms with Gasteiger partial charge in [-0.2, -0.15) is 4.98 Å². The van der Waals surface area contributed by atoms with Crippen molar-refractivity contribution in [2.45, 2.75) is 24.3 Å². The number of rotatable bonds is 3. The summed E-state index contributed by atoms with van der Waals surface area (Å²) in [7, 11) is 0. The van der Waals surface area contributed by atoms with Crippen molar-refractivity contribution in [3.63, 3.8) is 0 Å². The van der Waals surface area contributed by atoms with Gasteiger partial charge in [-0.3, -0.25) is 4.40 Å². The first-order valence-corrected chi connectivity index (χ1v) is 7.60. The minimum atomic E-state index is -0.289. The molecule has 0 unspecified atom stereocenters. The Morgan fingerprint density at radius 3 is 2.67 bits per heavy atom. The van der Waals surface area contributed by atoms with Crippen LogP contribution in [0.2, 0.25) is 0 Å². The molecule has 0 aliphatic heterocycles. The maximum absolute atomic E-state index is 12.0. The summed E-state index contributed by atoms with van der Waals surface area (Å²) < 4.78 is 1.46. The lowest BCUT2D eigenvalue weighted by Crippen LogP contribution is -2.19. The van der Waals surface area contributed by atoms with Crippen molar-refractivity contribution in [3.8, 4) is 0 Å². The molecule has 0 radical (unpaired) electrons. The van der Waals surface area contributed by atoms with Crippen LogP contribution >= 0.6 is 11.8 Å². The van der Waals surface area contributed by atoms with E-state index in [0.29, 0.717) is 10.8 Å². The lowest BCUT2D eigenvalue weighted by atomic mass is 10.2. The molecule has 0 aliphatic rings. The third-order valence-corrected chi connectivity index (χ3v) is 4.27. The molecular weight excluding hydrogens is 282 g/mol. The quantitative estimate of drug-likeness (QED) is 0.696. The number of aromatic nitrogens is 3. The molecule has 106 valence electrons. The second-order valence-electron chi connectivity index (χ2n) is 4.89. The number of pyridine rings is 1. The van der Waals surface area contributed by atoms with Gasteiger partial charge in [0.1, 0.15) is 5.65 Å². The second kappa shape index (κ2) is 5.69. The molecule has 2 heterocycles. The molecule has 3 rings (SSSR count). The van der Waals surface area contributed by atoms with Gasteiger partial charge in [-0.15, -0.1) is 0 Å². The van der Waals surface area contributed by atoms with Crippen LogP contribution in [0.5, 0.6) is 0 Å². The predicted octanol–water partition coefficient (Wildman–Crippen LogP) is 3.25. The summed E-state index contributed by atoms with van der Waals surface area (Å²) in [6.45, 7) is 4.06. The molecule has 0 bridgehead atoms. The number of fused-ring (bicyclic) bond motifs is 1. The number of aryl methyl sites for hydroxylation is 1. The van der Waals surface area contributed by atoms with Crippen LogP contribution in [0, 0.1) is 6.92 Å². The summed E-state index contributed by atoms with van der Waals surface area (Å²) in [6, 6.07) is 13.9. The molecule has 0 amide bonds. The molecule has 1 atom stereocenters. The zero-order valence-corrected chi connectivity index (χ0v) is 12.7. The molecule has 0 saturated carbocycles. The molecular formula is C16H15N3OS. The van der Waals surface area contributed by atoms with Crippen LogP contribution in [0.4, 0.5) is 0 Å². The lowest BCUT2D eigenvalue weighted by Gasteiger charge is -2.10. The Morgan fingerprint density at radius 1 is 1.14 bits per heavy atom. The summed E-state index contributed by atoms with van der Waals surface area (Å²) in [4.78, 5) is 20.6. The van der Waals surface area contributed by atoms with E-state index in [1.165, 1.54) is 21.7 Å². The first kappa shape index (κ1) is 13.8. The smallest absolute Gasteiger partial charge is 0.251 e. The van der Waals surface area contributed by atoms with Crippen LogP contribution in [-0.4, -0.2) is 14.4 Å². The fourth-order valence-electron chi connectivity index (χ4n) is 2.10. The lowest BCUT2D eigenvalue weighted by molar-refractivity contribution is 0.841. The second-order valence-corrected chi connectivity index (χ2v) is 6.20. The van der Waals surface area contributed by atoms with Gasteiger partial charge in [-0.05, 0) is 37.1 Å². The first-order chi connectivity index (χ1) is 10.1. The third-order valence-electron chi connectivity index (χ3n) is 3.25. The topological polar surface area (TPSA) is 47.3 Å². The molecule has 2 aromatic heterocycles. The molecule has 5 heteroatoms. The highest BCUT2D eigenvalue weighted by Gasteiger charge is 2.11. The molecule has 0 saturated heterocycles. The molecule has 0 fully saturated rings. The molecule has 0 aliphatic carbocycles. The van der Waals surface area contributed by atoms with E-state index in [1.54, 1.807) is 6.20 Å². The summed E-state index contributed by atoms with van der Waals surface area (Å²) in [5.74, 6) is 0. The highest BCUT2D eigenvalue weighted by Crippen LogP contribution is 2.31. The maximum Gasteiger partial charge on any atom is 0.355 e. The molecule has 0 spiro atoms. The SMILES string of the molecule is Cc1ccn2c(=O)nc(S[C@H](C)c3ccccc3)nc2c1. The summed E-state index contributed by atoms with van der Waals surface area (Å²) >= 11 is 1.50. The normalized spacial score (nSPS) is 12.5. The number of benzene rings is 1. The van der Waals surface area contributed by atoms with Crippen LogP contribution in [0.15, 0.2) is 58.6 Å². The standard InChI is InChI=1S/C16H15N3OS/c1-11-8-9-19-14(10-11)17-15(18-16(19)20)21-12(2)13-6-4-3-5-7-13/h3-10,12H,1-2H3/t12-/m1/s1. The van der Waals surface area contributed by atoms with Crippen molar-refractivity contribution >= 4 is 17.4 Å². The largest absolute Gasteiger partial charge is 0.355 e. The minimum Gasteiger partial charge on any atom is -0.251 e. The van der Waals surface area contributed by atoms with E-state index >= 15 is 0 Å². The van der Waals surface area contributed by atoms with Crippen LogP contribution in [-0.2, 0) is 0 Å². The van der Waals surface area contributed by atoms with E-state index in [4.69, 9.17) is 0 Å². The molecule has 0 N–H and O–H groups in total. The van der Waals surface area contributed by atoms with Crippen molar-refractivity contribution in [3.05, 3.63) is 70.3 Å². The Balaban J connectivity index is 1.96. The third kappa shape index (κ3) is 2.97. The van der Waals surface area contributed by atoms with E-state index in [2.05, 4.69) is 29.0 Å². The number of thioether (sulfide) groups is 1. The van der Waals surface area contributed by atoms with Crippen molar-refractivity contribution in [2.75, 3.05) is 0 Å². The van der Waals surface area contributed by atoms with E-state index < -0.39 is 0 Å². The van der Waals surface area contributed by atoms with Gasteiger partial charge in [0.15, 0.2) is 5.16 Å². The van der Waals surface area contributed by atoms with Gasteiger partial charge in [0, 0.05) is 11.4 Å². The summed E-state index contributed by atoms with van der Waals surface area (Å²) in [5.41, 5.74) is 2.61. The van der Waals surface area contributed by atoms with Crippen LogP contribution in [0.1, 0.15) is 23.3 Å². The Morgan fingerprint density at radius 2 is 1.90 bits per heavy atom. The van der Waals surface area contributed by atoms with Gasteiger partial charge in [0.2, 0.25) is 0 Å². The zero-order valence-electron chi connectivity index (χ0n) is 11.9. The van der Waals surface area contributed by atoms with Crippen LogP contribution in [0.3, 0.4) is 0 Å². The van der Waals surface area contributed by atoms with Gasteiger partial charge in [0.05, 0.1) is 0 Å². The highest BCUT2D eigenvalue weighted by atomic mass is 32.2. The monoisotopic (exact) mass is 297 g/mol. The molecule has 1 aromatic carbocycles. The number of hydrogen-bond acceptors (Lipinski definition) is 4. The fourth-order valence-corrected chi connectivity index (χ4v) is 2.99. The van der Waals surface area contributed by atoms with E-state index in [1.807, 2.05) is 37.3 Å². The Labute approximate surface area is 126 Å². The van der Waals surface area contributed by atoms with Gasteiger partial charge in [0.25, 0.3) is 0 Å². The molecule has 3 aromatic rings. The van der Waals surface area contributed by atoms with E-state index in [9.17, 15) is 4.79 Å². The van der Waals surface area contributed by atoms with Crippen LogP contribution in [0.25, 0.3) is 5.65 Å². The Hall–Kier alpha value is -2.14. The Kier molecular flexibility index (Phi) is 3.75. The maximum atomic E-state index is 12.0. The van der Waals surface area contributed by atoms with E-state index in [0.717, 1.165) is 5.56 Å². The van der Waals surface area contributed by atoms with Crippen molar-refractivity contribution < 1.29 is 0 Å². The van der Waals surface area contributed by atoms with Crippen molar-refractivity contribution in [2.24, 2.45) is 0 Å². The van der Waals surface area contributed by atoms with Crippen molar-refractivity contribution in [1.82, 2.24) is 14.4 Å². The average molecular weight is 297 g/mol. The van der Waals surface area contributed by atoms with Gasteiger partial charge >= 0.3 is 5.69 Å². The Bertz CT molecular complexity index is 830. The van der Waals surface area contributed by atoms with Crippen molar-refractivity contribution in [1.29, 1.82) is 0 Å². The highest BCUT2D eigenvalue weighted by molar-refractivity contribution is 7.99. The van der Waals surface area contributed by atoms with Gasteiger partial charge in [-0.25, -0.2) is 9.78 Å². The van der Waals surface area contributed by atoms with Gasteiger partial charge in [-0.1, -0.05) is 42.1 Å². The van der Waals surface area contributed by atoms with Crippen LogP contribution < -0.4 is 5.69 Å². The van der Waals surface area contributed by atoms with E-state index in [-0.39, 0.29) is 10.9 Å². The summed E-state index contributed by atoms with van der Waals surface area (Å²) in [6.07, 6.45) is 1.71. The fraction of sp³-hybridized carbons (Fsp3) is 0.188. The average Bonchev–Trinajstić information content (AvgIpc) is 2.47. The number of hydrogen-bond donors (Lipinski definition) is 0. The first-order valence-electron chi connectivity index (χ1n) is 6.72.